The van der Waals surface area contributed by atoms with Gasteiger partial charge in [-0.15, -0.1) is 5.10 Å². The van der Waals surface area contributed by atoms with E-state index in [0.717, 1.165) is 36.7 Å². The molecule has 2 aromatic carbocycles. The lowest BCUT2D eigenvalue weighted by Gasteiger charge is -2.31. The number of aromatic nitrogens is 3. The maximum atomic E-state index is 14.7. The van der Waals surface area contributed by atoms with Crippen LogP contribution in [0.25, 0.3) is 22.2 Å². The first-order chi connectivity index (χ1) is 21.7. The van der Waals surface area contributed by atoms with Gasteiger partial charge in [0, 0.05) is 28.0 Å². The number of alkyl halides is 3. The highest BCUT2D eigenvalue weighted by Gasteiger charge is 2.56. The van der Waals surface area contributed by atoms with Gasteiger partial charge in [-0.2, -0.15) is 18.3 Å². The van der Waals surface area contributed by atoms with Crippen molar-refractivity contribution >= 4 is 34.3 Å². The summed E-state index contributed by atoms with van der Waals surface area (Å²) in [6, 6.07) is 8.61. The Morgan fingerprint density at radius 2 is 1.87 bits per heavy atom. The van der Waals surface area contributed by atoms with Gasteiger partial charge in [-0.1, -0.05) is 11.6 Å². The minimum Gasteiger partial charge on any atom is -0.494 e. The van der Waals surface area contributed by atoms with Crippen LogP contribution in [-0.2, 0) is 16.8 Å². The van der Waals surface area contributed by atoms with Gasteiger partial charge < -0.3 is 25.6 Å². The van der Waals surface area contributed by atoms with E-state index in [9.17, 15) is 32.3 Å². The fraction of sp³-hybridized carbons (Fsp3) is 0.323. The largest absolute Gasteiger partial charge is 0.494 e. The molecule has 4 aromatic rings. The predicted octanol–water partition coefficient (Wildman–Crippen LogP) is 4.98. The smallest absolute Gasteiger partial charge is 0.424 e. The molecule has 1 saturated carbocycles. The molecular formula is C31H28ClF4N5O5. The summed E-state index contributed by atoms with van der Waals surface area (Å²) in [5, 5.41) is 21.9. The van der Waals surface area contributed by atoms with Gasteiger partial charge in [0.15, 0.2) is 0 Å². The van der Waals surface area contributed by atoms with Crippen molar-refractivity contribution in [3.63, 3.8) is 0 Å². The molecule has 15 heteroatoms. The molecule has 242 valence electrons. The van der Waals surface area contributed by atoms with Crippen LogP contribution >= 0.6 is 11.6 Å². The van der Waals surface area contributed by atoms with Crippen molar-refractivity contribution in [3.8, 4) is 22.8 Å². The average molecular weight is 662 g/mol. The number of hydrogen-bond donors (Lipinski definition) is 3. The highest BCUT2D eigenvalue weighted by Crippen LogP contribution is 2.43. The van der Waals surface area contributed by atoms with Crippen LogP contribution in [0.2, 0.25) is 5.02 Å². The minimum atomic E-state index is -5.39. The molecule has 1 aliphatic rings. The summed E-state index contributed by atoms with van der Waals surface area (Å²) < 4.78 is 69.1. The minimum absolute atomic E-state index is 0.0112. The summed E-state index contributed by atoms with van der Waals surface area (Å²) in [5.74, 6) is -2.36. The molecule has 0 aliphatic heterocycles. The Balaban J connectivity index is 1.57. The summed E-state index contributed by atoms with van der Waals surface area (Å²) in [6.07, 6.45) is -4.08. The van der Waals surface area contributed by atoms with Crippen molar-refractivity contribution in [1.82, 2.24) is 20.5 Å². The van der Waals surface area contributed by atoms with Gasteiger partial charge in [-0.05, 0) is 62.2 Å². The lowest BCUT2D eigenvalue weighted by Crippen LogP contribution is -2.51. The SMILES string of the molecule is CCOc1c(CC(N)=O)cc([C@@](O)(CNC(=O)c2cc(OC)c3nnc(C4CC4)cc3c2)C(F)(F)F)nc1-c1ccc(F)c(Cl)c1. The van der Waals surface area contributed by atoms with Gasteiger partial charge in [-0.25, -0.2) is 9.37 Å². The van der Waals surface area contributed by atoms with E-state index in [1.807, 2.05) is 0 Å². The maximum Gasteiger partial charge on any atom is 0.424 e. The van der Waals surface area contributed by atoms with Gasteiger partial charge in [0.25, 0.3) is 5.91 Å². The number of nitrogens with zero attached hydrogens (tertiary/aromatic N) is 3. The zero-order valence-corrected chi connectivity index (χ0v) is 25.3. The third-order valence-electron chi connectivity index (χ3n) is 7.44. The van der Waals surface area contributed by atoms with Crippen molar-refractivity contribution in [2.45, 2.75) is 43.9 Å². The number of ether oxygens (including phenoxy) is 2. The van der Waals surface area contributed by atoms with Gasteiger partial charge in [0.05, 0.1) is 43.1 Å². The fourth-order valence-corrected chi connectivity index (χ4v) is 5.10. The van der Waals surface area contributed by atoms with Crippen molar-refractivity contribution in [3.05, 3.63) is 75.8 Å². The van der Waals surface area contributed by atoms with Crippen molar-refractivity contribution in [2.75, 3.05) is 20.3 Å². The van der Waals surface area contributed by atoms with Crippen molar-refractivity contribution < 1.29 is 41.7 Å². The van der Waals surface area contributed by atoms with Crippen LogP contribution in [-0.4, -0.2) is 58.5 Å². The molecule has 2 amide bonds. The monoisotopic (exact) mass is 661 g/mol. The Kier molecular flexibility index (Phi) is 9.05. The maximum absolute atomic E-state index is 14.7. The molecule has 2 aromatic heterocycles. The van der Waals surface area contributed by atoms with E-state index in [1.165, 1.54) is 25.3 Å². The van der Waals surface area contributed by atoms with E-state index in [2.05, 4.69) is 20.5 Å². The number of benzene rings is 2. The Morgan fingerprint density at radius 3 is 2.48 bits per heavy atom. The van der Waals surface area contributed by atoms with E-state index in [-0.39, 0.29) is 51.4 Å². The molecule has 0 unspecified atom stereocenters. The van der Waals surface area contributed by atoms with E-state index >= 15 is 0 Å². The molecule has 46 heavy (non-hydrogen) atoms. The van der Waals surface area contributed by atoms with E-state index in [4.69, 9.17) is 26.8 Å². The van der Waals surface area contributed by atoms with E-state index < -0.39 is 48.1 Å². The second-order valence-corrected chi connectivity index (χ2v) is 11.2. The number of fused-ring (bicyclic) bond motifs is 1. The Hall–Kier alpha value is -4.56. The molecule has 0 spiro atoms. The van der Waals surface area contributed by atoms with Crippen LogP contribution in [0, 0.1) is 5.82 Å². The lowest BCUT2D eigenvalue weighted by molar-refractivity contribution is -0.265. The number of carbonyl (C=O) groups is 2. The number of nitrogens with one attached hydrogen (secondary N) is 1. The van der Waals surface area contributed by atoms with Crippen LogP contribution in [0.15, 0.2) is 42.5 Å². The molecule has 0 radical (unpaired) electrons. The van der Waals surface area contributed by atoms with Crippen molar-refractivity contribution in [2.24, 2.45) is 5.73 Å². The van der Waals surface area contributed by atoms with Crippen LogP contribution < -0.4 is 20.5 Å². The first kappa shape index (κ1) is 32.8. The number of carbonyl (C=O) groups excluding carboxylic acids is 2. The molecule has 1 fully saturated rings. The summed E-state index contributed by atoms with van der Waals surface area (Å²) in [6.45, 7) is 0.224. The van der Waals surface area contributed by atoms with E-state index in [1.54, 1.807) is 13.0 Å². The Bertz CT molecular complexity index is 1840. The fourth-order valence-electron chi connectivity index (χ4n) is 4.92. The molecule has 1 aliphatic carbocycles. The van der Waals surface area contributed by atoms with Crippen molar-refractivity contribution in [1.29, 1.82) is 0 Å². The summed E-state index contributed by atoms with van der Waals surface area (Å²) >= 11 is 5.94. The number of methoxy groups -OCH3 is 1. The van der Waals surface area contributed by atoms with E-state index in [0.29, 0.717) is 10.9 Å². The zero-order chi connectivity index (χ0) is 33.4. The number of rotatable bonds is 11. The quantitative estimate of drug-likeness (QED) is 0.191. The van der Waals surface area contributed by atoms with Gasteiger partial charge in [0.1, 0.15) is 28.5 Å². The number of pyridine rings is 1. The molecular weight excluding hydrogens is 634 g/mol. The van der Waals surface area contributed by atoms with Crippen LogP contribution in [0.5, 0.6) is 11.5 Å². The molecule has 1 atom stereocenters. The Morgan fingerprint density at radius 1 is 1.13 bits per heavy atom. The third-order valence-corrected chi connectivity index (χ3v) is 7.73. The first-order valence-electron chi connectivity index (χ1n) is 14.1. The molecule has 10 nitrogen and oxygen atoms in total. The highest BCUT2D eigenvalue weighted by atomic mass is 35.5. The second-order valence-electron chi connectivity index (χ2n) is 10.7. The first-order valence-corrected chi connectivity index (χ1v) is 14.5. The summed E-state index contributed by atoms with van der Waals surface area (Å²) in [5.41, 5.74) is 1.30. The molecule has 0 saturated heterocycles. The number of amides is 2. The topological polar surface area (TPSA) is 150 Å². The highest BCUT2D eigenvalue weighted by molar-refractivity contribution is 6.31. The van der Waals surface area contributed by atoms with Crippen LogP contribution in [0.4, 0.5) is 17.6 Å². The summed E-state index contributed by atoms with van der Waals surface area (Å²) in [4.78, 5) is 29.3. The standard InChI is InChI=1S/C31H28ClF4N5O5/c1-3-46-28-18(13-25(37)42)12-24(39-27(28)16-6-7-21(33)20(32)9-16)30(44,31(34,35)36)14-38-29(43)19-8-17-10-22(15-4-5-15)40-41-26(17)23(11-19)45-2/h6-12,15,44H,3-5,13-14H2,1-2H3,(H2,37,42)(H,38,43)/t30-/m0/s1. The number of halogens is 5. The number of nitrogens with two attached hydrogens (primary N) is 1. The second kappa shape index (κ2) is 12.7. The average Bonchev–Trinajstić information content (AvgIpc) is 3.86. The molecule has 5 rings (SSSR count). The molecule has 0 bridgehead atoms. The number of hydrogen-bond acceptors (Lipinski definition) is 8. The lowest BCUT2D eigenvalue weighted by atomic mass is 9.93. The third kappa shape index (κ3) is 6.53. The summed E-state index contributed by atoms with van der Waals surface area (Å²) in [7, 11) is 1.35. The molecule has 4 N–H and O–H groups in total. The number of aliphatic hydroxyl groups is 1. The zero-order valence-electron chi connectivity index (χ0n) is 24.5. The normalized spacial score (nSPS) is 14.5. The number of primary amides is 1. The van der Waals surface area contributed by atoms with Gasteiger partial charge in [-0.3, -0.25) is 9.59 Å². The van der Waals surface area contributed by atoms with Gasteiger partial charge in [0.2, 0.25) is 11.5 Å². The van der Waals surface area contributed by atoms with Crippen LogP contribution in [0.1, 0.15) is 53.0 Å². The van der Waals surface area contributed by atoms with Gasteiger partial charge >= 0.3 is 6.18 Å². The molecule has 2 heterocycles. The predicted molar refractivity (Wildman–Crippen MR) is 159 cm³/mol. The Labute approximate surface area is 264 Å². The van der Waals surface area contributed by atoms with Crippen LogP contribution in [0.3, 0.4) is 0 Å².